The molecular weight excluding hydrogens is 230 g/mol. The first kappa shape index (κ1) is 19.0. The van der Waals surface area contributed by atoms with Crippen molar-refractivity contribution in [3.8, 4) is 0 Å². The quantitative estimate of drug-likeness (QED) is 0.493. The molecule has 0 aliphatic heterocycles. The standard InChI is InChI=1S/C18H39N/c1-7-9-10-17(8-2)12-18(11-15(3)4)14-19-13-16(5)6/h15-19H,7-14H2,1-6H3. The number of nitrogens with one attached hydrogen (secondary N) is 1. The summed E-state index contributed by atoms with van der Waals surface area (Å²) in [6, 6.07) is 0. The number of hydrogen-bond donors (Lipinski definition) is 1. The zero-order valence-electron chi connectivity index (χ0n) is 14.5. The first-order valence-corrected chi connectivity index (χ1v) is 8.70. The predicted molar refractivity (Wildman–Crippen MR) is 88.6 cm³/mol. The van der Waals surface area contributed by atoms with Crippen LogP contribution in [-0.4, -0.2) is 13.1 Å². The minimum Gasteiger partial charge on any atom is -0.316 e. The molecule has 19 heavy (non-hydrogen) atoms. The van der Waals surface area contributed by atoms with E-state index in [0.717, 1.165) is 23.7 Å². The van der Waals surface area contributed by atoms with Crippen LogP contribution >= 0.6 is 0 Å². The summed E-state index contributed by atoms with van der Waals surface area (Å²) in [5.41, 5.74) is 0. The molecule has 1 heteroatoms. The van der Waals surface area contributed by atoms with Crippen molar-refractivity contribution in [1.29, 1.82) is 0 Å². The molecule has 0 fully saturated rings. The van der Waals surface area contributed by atoms with Crippen molar-refractivity contribution in [1.82, 2.24) is 5.32 Å². The van der Waals surface area contributed by atoms with E-state index in [2.05, 4.69) is 46.9 Å². The van der Waals surface area contributed by atoms with E-state index < -0.39 is 0 Å². The monoisotopic (exact) mass is 269 g/mol. The molecule has 0 saturated heterocycles. The molecule has 0 aromatic rings. The fourth-order valence-electron chi connectivity index (χ4n) is 2.96. The van der Waals surface area contributed by atoms with Gasteiger partial charge in [0.25, 0.3) is 0 Å². The van der Waals surface area contributed by atoms with Crippen LogP contribution in [0.3, 0.4) is 0 Å². The summed E-state index contributed by atoms with van der Waals surface area (Å²) in [6.45, 7) is 16.4. The van der Waals surface area contributed by atoms with Gasteiger partial charge in [0.2, 0.25) is 0 Å². The first-order chi connectivity index (χ1) is 8.99. The smallest absolute Gasteiger partial charge is 0.00202 e. The Morgan fingerprint density at radius 2 is 1.47 bits per heavy atom. The molecule has 0 amide bonds. The van der Waals surface area contributed by atoms with Gasteiger partial charge in [0.15, 0.2) is 0 Å². The lowest BCUT2D eigenvalue weighted by molar-refractivity contribution is 0.287. The maximum Gasteiger partial charge on any atom is -0.00202 e. The minimum atomic E-state index is 0.766. The summed E-state index contributed by atoms with van der Waals surface area (Å²) < 4.78 is 0. The van der Waals surface area contributed by atoms with Crippen LogP contribution in [0.25, 0.3) is 0 Å². The van der Waals surface area contributed by atoms with Gasteiger partial charge in [-0.15, -0.1) is 0 Å². The Morgan fingerprint density at radius 3 is 1.95 bits per heavy atom. The summed E-state index contributed by atoms with van der Waals surface area (Å²) in [5.74, 6) is 3.42. The first-order valence-electron chi connectivity index (χ1n) is 8.70. The predicted octanol–water partition coefficient (Wildman–Crippen LogP) is 5.50. The molecule has 116 valence electrons. The zero-order valence-corrected chi connectivity index (χ0v) is 14.5. The Hall–Kier alpha value is -0.0400. The lowest BCUT2D eigenvalue weighted by Crippen LogP contribution is -2.28. The summed E-state index contributed by atoms with van der Waals surface area (Å²) in [6.07, 6.45) is 8.36. The van der Waals surface area contributed by atoms with Gasteiger partial charge in [0.05, 0.1) is 0 Å². The fraction of sp³-hybridized carbons (Fsp3) is 1.00. The highest BCUT2D eigenvalue weighted by Gasteiger charge is 2.16. The lowest BCUT2D eigenvalue weighted by atomic mass is 9.84. The third kappa shape index (κ3) is 11.5. The molecule has 0 bridgehead atoms. The van der Waals surface area contributed by atoms with E-state index in [-0.39, 0.29) is 0 Å². The van der Waals surface area contributed by atoms with Crippen LogP contribution in [0.2, 0.25) is 0 Å². The molecule has 0 spiro atoms. The van der Waals surface area contributed by atoms with Crippen molar-refractivity contribution in [2.45, 2.75) is 80.1 Å². The maximum absolute atomic E-state index is 3.68. The molecule has 0 heterocycles. The molecule has 0 rings (SSSR count). The summed E-state index contributed by atoms with van der Waals surface area (Å²) in [7, 11) is 0. The number of rotatable bonds is 12. The normalized spacial score (nSPS) is 15.2. The Labute approximate surface area is 122 Å². The van der Waals surface area contributed by atoms with Crippen LogP contribution in [0.4, 0.5) is 0 Å². The van der Waals surface area contributed by atoms with E-state index in [0.29, 0.717) is 0 Å². The van der Waals surface area contributed by atoms with Gasteiger partial charge in [-0.25, -0.2) is 0 Å². The Bertz CT molecular complexity index is 186. The fourth-order valence-corrected chi connectivity index (χ4v) is 2.96. The van der Waals surface area contributed by atoms with Crippen molar-refractivity contribution >= 4 is 0 Å². The average molecular weight is 270 g/mol. The van der Waals surface area contributed by atoms with Gasteiger partial charge in [-0.2, -0.15) is 0 Å². The van der Waals surface area contributed by atoms with Gasteiger partial charge in [-0.05, 0) is 49.6 Å². The second-order valence-corrected chi connectivity index (χ2v) is 7.20. The van der Waals surface area contributed by atoms with Crippen LogP contribution < -0.4 is 5.32 Å². The van der Waals surface area contributed by atoms with Crippen LogP contribution in [-0.2, 0) is 0 Å². The Kier molecular flexibility index (Phi) is 11.7. The Morgan fingerprint density at radius 1 is 0.789 bits per heavy atom. The van der Waals surface area contributed by atoms with E-state index >= 15 is 0 Å². The lowest BCUT2D eigenvalue weighted by Gasteiger charge is -2.25. The zero-order chi connectivity index (χ0) is 14.7. The summed E-state index contributed by atoms with van der Waals surface area (Å²) in [5, 5.41) is 3.68. The average Bonchev–Trinajstić information content (AvgIpc) is 2.32. The van der Waals surface area contributed by atoms with Crippen molar-refractivity contribution < 1.29 is 0 Å². The van der Waals surface area contributed by atoms with Gasteiger partial charge in [-0.3, -0.25) is 0 Å². The minimum absolute atomic E-state index is 0.766. The molecule has 1 N–H and O–H groups in total. The third-order valence-electron chi connectivity index (χ3n) is 4.00. The van der Waals surface area contributed by atoms with E-state index in [1.54, 1.807) is 0 Å². The van der Waals surface area contributed by atoms with Crippen molar-refractivity contribution in [3.63, 3.8) is 0 Å². The number of hydrogen-bond acceptors (Lipinski definition) is 1. The van der Waals surface area contributed by atoms with Gasteiger partial charge < -0.3 is 5.32 Å². The molecule has 0 aromatic carbocycles. The van der Waals surface area contributed by atoms with Gasteiger partial charge in [-0.1, -0.05) is 67.2 Å². The number of unbranched alkanes of at least 4 members (excludes halogenated alkanes) is 1. The maximum atomic E-state index is 3.68. The van der Waals surface area contributed by atoms with E-state index in [9.17, 15) is 0 Å². The largest absolute Gasteiger partial charge is 0.316 e. The second kappa shape index (κ2) is 11.8. The van der Waals surface area contributed by atoms with Crippen molar-refractivity contribution in [2.24, 2.45) is 23.7 Å². The topological polar surface area (TPSA) is 12.0 Å². The van der Waals surface area contributed by atoms with E-state index in [1.807, 2.05) is 0 Å². The highest BCUT2D eigenvalue weighted by atomic mass is 14.9. The molecule has 0 radical (unpaired) electrons. The van der Waals surface area contributed by atoms with Gasteiger partial charge in [0, 0.05) is 0 Å². The molecule has 0 saturated carbocycles. The van der Waals surface area contributed by atoms with Crippen LogP contribution in [0.1, 0.15) is 80.1 Å². The summed E-state index contributed by atoms with van der Waals surface area (Å²) >= 11 is 0. The Balaban J connectivity index is 4.14. The molecule has 0 aromatic heterocycles. The highest BCUT2D eigenvalue weighted by molar-refractivity contribution is 4.70. The van der Waals surface area contributed by atoms with Crippen LogP contribution in [0.5, 0.6) is 0 Å². The highest BCUT2D eigenvalue weighted by Crippen LogP contribution is 2.25. The molecule has 0 aliphatic rings. The second-order valence-electron chi connectivity index (χ2n) is 7.20. The summed E-state index contributed by atoms with van der Waals surface area (Å²) in [4.78, 5) is 0. The van der Waals surface area contributed by atoms with Crippen molar-refractivity contribution in [2.75, 3.05) is 13.1 Å². The molecule has 0 aliphatic carbocycles. The van der Waals surface area contributed by atoms with E-state index in [1.165, 1.54) is 51.6 Å². The van der Waals surface area contributed by atoms with Crippen molar-refractivity contribution in [3.05, 3.63) is 0 Å². The van der Waals surface area contributed by atoms with Gasteiger partial charge >= 0.3 is 0 Å². The van der Waals surface area contributed by atoms with Crippen LogP contribution in [0, 0.1) is 23.7 Å². The van der Waals surface area contributed by atoms with Crippen LogP contribution in [0.15, 0.2) is 0 Å². The molecular formula is C18H39N. The molecule has 2 unspecified atom stereocenters. The SMILES string of the molecule is CCCCC(CC)CC(CNCC(C)C)CC(C)C. The third-order valence-corrected chi connectivity index (χ3v) is 4.00. The molecule has 2 atom stereocenters. The van der Waals surface area contributed by atoms with E-state index in [4.69, 9.17) is 0 Å². The molecule has 1 nitrogen and oxygen atoms in total. The van der Waals surface area contributed by atoms with Gasteiger partial charge in [0.1, 0.15) is 0 Å².